The molecule has 3 aliphatic rings. The van der Waals surface area contributed by atoms with Crippen molar-refractivity contribution in [3.05, 3.63) is 0 Å². The number of rotatable bonds is 1. The smallest absolute Gasteiger partial charge is 0.123 e. The van der Waals surface area contributed by atoms with Gasteiger partial charge in [0, 0.05) is 5.92 Å². The zero-order valence-corrected chi connectivity index (χ0v) is 5.69. The van der Waals surface area contributed by atoms with Gasteiger partial charge in [-0.1, -0.05) is 0 Å². The van der Waals surface area contributed by atoms with Gasteiger partial charge in [-0.2, -0.15) is 0 Å². The van der Waals surface area contributed by atoms with Crippen LogP contribution in [0.25, 0.3) is 0 Å². The number of fused-ring (bicyclic) bond motifs is 5. The van der Waals surface area contributed by atoms with Crippen molar-refractivity contribution >= 4 is 6.29 Å². The second-order valence-electron chi connectivity index (χ2n) is 3.76. The molecule has 1 saturated heterocycles. The van der Waals surface area contributed by atoms with Gasteiger partial charge in [0.15, 0.2) is 0 Å². The third-order valence-electron chi connectivity index (χ3n) is 3.32. The van der Waals surface area contributed by atoms with Crippen LogP contribution in [-0.2, 0) is 9.53 Å². The molecular weight excluding hydrogens is 128 g/mol. The lowest BCUT2D eigenvalue weighted by Gasteiger charge is -2.10. The van der Waals surface area contributed by atoms with Gasteiger partial charge in [0.25, 0.3) is 0 Å². The first-order valence-electron chi connectivity index (χ1n) is 4.01. The van der Waals surface area contributed by atoms with Gasteiger partial charge in [0.2, 0.25) is 0 Å². The maximum Gasteiger partial charge on any atom is 0.123 e. The molecule has 0 N–H and O–H groups in total. The fraction of sp³-hybridized carbons (Fsp3) is 0.875. The normalized spacial score (nSPS) is 62.2. The molecular formula is C8H10O2. The Balaban J connectivity index is 1.91. The molecule has 0 aromatic carbocycles. The van der Waals surface area contributed by atoms with Gasteiger partial charge >= 0.3 is 0 Å². The number of hydrogen-bond donors (Lipinski definition) is 0. The zero-order chi connectivity index (χ0) is 6.72. The summed E-state index contributed by atoms with van der Waals surface area (Å²) in [6, 6.07) is 0. The summed E-state index contributed by atoms with van der Waals surface area (Å²) in [4.78, 5) is 10.5. The van der Waals surface area contributed by atoms with Crippen molar-refractivity contribution in [1.29, 1.82) is 0 Å². The summed E-state index contributed by atoms with van der Waals surface area (Å²) in [5.74, 6) is 1.69. The number of aldehydes is 1. The summed E-state index contributed by atoms with van der Waals surface area (Å²) in [6.45, 7) is 0. The molecule has 5 unspecified atom stereocenters. The van der Waals surface area contributed by atoms with Gasteiger partial charge in [-0.3, -0.25) is 0 Å². The maximum absolute atomic E-state index is 10.5. The molecule has 3 fully saturated rings. The van der Waals surface area contributed by atoms with E-state index in [2.05, 4.69) is 0 Å². The van der Waals surface area contributed by atoms with Gasteiger partial charge in [0.1, 0.15) is 6.29 Å². The van der Waals surface area contributed by atoms with Crippen LogP contribution in [0.1, 0.15) is 12.8 Å². The molecule has 2 nitrogen and oxygen atoms in total. The standard InChI is InChI=1S/C8H10O2/c9-3-5-1-4-2-6(5)8-7(4)10-8/h3-8H,1-2H2. The fourth-order valence-electron chi connectivity index (χ4n) is 2.81. The lowest BCUT2D eigenvalue weighted by Crippen LogP contribution is -2.18. The average molecular weight is 138 g/mol. The number of hydrogen-bond acceptors (Lipinski definition) is 2. The summed E-state index contributed by atoms with van der Waals surface area (Å²) >= 11 is 0. The van der Waals surface area contributed by atoms with E-state index < -0.39 is 0 Å². The van der Waals surface area contributed by atoms with Crippen LogP contribution in [0.15, 0.2) is 0 Å². The molecule has 3 rings (SSSR count). The summed E-state index contributed by atoms with van der Waals surface area (Å²) in [6.07, 6.45) is 4.56. The second-order valence-corrected chi connectivity index (χ2v) is 3.76. The predicted octanol–water partition coefficient (Wildman–Crippen LogP) is 0.609. The number of ether oxygens (including phenoxy) is 1. The Morgan fingerprint density at radius 3 is 2.80 bits per heavy atom. The second kappa shape index (κ2) is 1.45. The van der Waals surface area contributed by atoms with E-state index in [1.165, 1.54) is 6.42 Å². The maximum atomic E-state index is 10.5. The zero-order valence-electron chi connectivity index (χ0n) is 5.69. The first kappa shape index (κ1) is 5.30. The van der Waals surface area contributed by atoms with E-state index >= 15 is 0 Å². The van der Waals surface area contributed by atoms with Crippen molar-refractivity contribution in [2.24, 2.45) is 17.8 Å². The monoisotopic (exact) mass is 138 g/mol. The van der Waals surface area contributed by atoms with E-state index in [0.717, 1.165) is 18.6 Å². The Bertz CT molecular complexity index is 190. The van der Waals surface area contributed by atoms with Crippen LogP contribution in [0, 0.1) is 17.8 Å². The average Bonchev–Trinajstić information content (AvgIpc) is 2.58. The minimum atomic E-state index is 0.341. The van der Waals surface area contributed by atoms with Crippen LogP contribution in [0.2, 0.25) is 0 Å². The van der Waals surface area contributed by atoms with Crippen molar-refractivity contribution in [3.8, 4) is 0 Å². The first-order chi connectivity index (χ1) is 4.90. The molecule has 0 aromatic heterocycles. The molecule has 1 heterocycles. The van der Waals surface area contributed by atoms with E-state index in [1.54, 1.807) is 0 Å². The Morgan fingerprint density at radius 2 is 2.20 bits per heavy atom. The summed E-state index contributed by atoms with van der Waals surface area (Å²) in [7, 11) is 0. The van der Waals surface area contributed by atoms with Crippen molar-refractivity contribution in [1.82, 2.24) is 0 Å². The predicted molar refractivity (Wildman–Crippen MR) is 34.4 cm³/mol. The molecule has 0 radical (unpaired) electrons. The highest BCUT2D eigenvalue weighted by atomic mass is 16.6. The highest BCUT2D eigenvalue weighted by Gasteiger charge is 2.62. The molecule has 2 saturated carbocycles. The quantitative estimate of drug-likeness (QED) is 0.392. The van der Waals surface area contributed by atoms with Gasteiger partial charge in [-0.15, -0.1) is 0 Å². The van der Waals surface area contributed by atoms with Crippen LogP contribution >= 0.6 is 0 Å². The molecule has 1 aliphatic heterocycles. The summed E-state index contributed by atoms with van der Waals surface area (Å²) in [5, 5.41) is 0. The van der Waals surface area contributed by atoms with Gasteiger partial charge in [-0.25, -0.2) is 0 Å². The minimum absolute atomic E-state index is 0.341. The fourth-order valence-corrected chi connectivity index (χ4v) is 2.81. The van der Waals surface area contributed by atoms with Crippen molar-refractivity contribution in [3.63, 3.8) is 0 Å². The molecule has 2 heteroatoms. The van der Waals surface area contributed by atoms with Crippen LogP contribution in [0.3, 0.4) is 0 Å². The van der Waals surface area contributed by atoms with Crippen LogP contribution < -0.4 is 0 Å². The Hall–Kier alpha value is -0.370. The molecule has 0 amide bonds. The molecule has 54 valence electrons. The Labute approximate surface area is 59.6 Å². The largest absolute Gasteiger partial charge is 0.369 e. The van der Waals surface area contributed by atoms with E-state index in [-0.39, 0.29) is 0 Å². The molecule has 0 aromatic rings. The third kappa shape index (κ3) is 0.439. The highest BCUT2D eigenvalue weighted by Crippen LogP contribution is 2.58. The van der Waals surface area contributed by atoms with Crippen LogP contribution in [0.5, 0.6) is 0 Å². The Morgan fingerprint density at radius 1 is 1.30 bits per heavy atom. The van der Waals surface area contributed by atoms with Gasteiger partial charge in [-0.05, 0) is 24.7 Å². The number of carbonyl (C=O) groups excluding carboxylic acids is 1. The van der Waals surface area contributed by atoms with E-state index in [9.17, 15) is 4.79 Å². The van der Waals surface area contributed by atoms with E-state index in [0.29, 0.717) is 24.0 Å². The van der Waals surface area contributed by atoms with Gasteiger partial charge in [0.05, 0.1) is 12.2 Å². The van der Waals surface area contributed by atoms with Crippen LogP contribution in [0.4, 0.5) is 0 Å². The van der Waals surface area contributed by atoms with Crippen molar-refractivity contribution < 1.29 is 9.53 Å². The van der Waals surface area contributed by atoms with Crippen molar-refractivity contribution in [2.75, 3.05) is 0 Å². The SMILES string of the molecule is O=CC1CC2CC1C1OC21. The third-order valence-corrected chi connectivity index (χ3v) is 3.32. The lowest BCUT2D eigenvalue weighted by atomic mass is 9.90. The minimum Gasteiger partial charge on any atom is -0.369 e. The van der Waals surface area contributed by atoms with Crippen LogP contribution in [-0.4, -0.2) is 18.5 Å². The summed E-state index contributed by atoms with van der Waals surface area (Å²) < 4.78 is 5.41. The summed E-state index contributed by atoms with van der Waals surface area (Å²) in [5.41, 5.74) is 0. The molecule has 10 heavy (non-hydrogen) atoms. The topological polar surface area (TPSA) is 29.6 Å². The van der Waals surface area contributed by atoms with Crippen molar-refractivity contribution in [2.45, 2.75) is 25.0 Å². The van der Waals surface area contributed by atoms with E-state index in [4.69, 9.17) is 4.74 Å². The van der Waals surface area contributed by atoms with Gasteiger partial charge < -0.3 is 9.53 Å². The Kier molecular flexibility index (Phi) is 0.768. The van der Waals surface area contributed by atoms with E-state index in [1.807, 2.05) is 0 Å². The molecule has 2 aliphatic carbocycles. The number of epoxide rings is 1. The molecule has 2 bridgehead atoms. The highest BCUT2D eigenvalue weighted by molar-refractivity contribution is 5.56. The molecule has 0 spiro atoms. The lowest BCUT2D eigenvalue weighted by molar-refractivity contribution is -0.112. The number of carbonyl (C=O) groups is 1. The first-order valence-corrected chi connectivity index (χ1v) is 4.01. The molecule has 5 atom stereocenters.